The molecule has 17 heavy (non-hydrogen) atoms. The third-order valence-electron chi connectivity index (χ3n) is 3.79. The lowest BCUT2D eigenvalue weighted by Crippen LogP contribution is -2.50. The van der Waals surface area contributed by atoms with Crippen LogP contribution in [-0.2, 0) is 4.79 Å². The molecule has 0 radical (unpaired) electrons. The topological polar surface area (TPSA) is 35.6 Å². The predicted molar refractivity (Wildman–Crippen MR) is 68.8 cm³/mol. The number of hydrogen-bond acceptors (Lipinski definition) is 3. The number of amides is 1. The molecule has 0 saturated carbocycles. The van der Waals surface area contributed by atoms with Crippen LogP contribution in [0.5, 0.6) is 0 Å². The Morgan fingerprint density at radius 2 is 1.76 bits per heavy atom. The molecule has 0 aliphatic carbocycles. The zero-order valence-corrected chi connectivity index (χ0v) is 11.1. The average Bonchev–Trinajstić information content (AvgIpc) is 2.29. The predicted octanol–water partition coefficient (Wildman–Crippen LogP) is 0.396. The van der Waals surface area contributed by atoms with Gasteiger partial charge in [-0.25, -0.2) is 0 Å². The van der Waals surface area contributed by atoms with E-state index in [0.717, 1.165) is 39.3 Å². The first-order valence-corrected chi connectivity index (χ1v) is 6.86. The van der Waals surface area contributed by atoms with E-state index in [1.54, 1.807) is 0 Å². The van der Waals surface area contributed by atoms with E-state index in [0.29, 0.717) is 24.3 Å². The first-order valence-electron chi connectivity index (χ1n) is 6.86. The summed E-state index contributed by atoms with van der Waals surface area (Å²) < 4.78 is 0. The molecule has 0 aromatic rings. The number of carbonyl (C=O) groups excluding carboxylic acids is 1. The van der Waals surface area contributed by atoms with Crippen LogP contribution in [0.25, 0.3) is 0 Å². The molecule has 1 amide bonds. The van der Waals surface area contributed by atoms with E-state index in [1.165, 1.54) is 6.42 Å². The van der Waals surface area contributed by atoms with Gasteiger partial charge in [-0.2, -0.15) is 0 Å². The van der Waals surface area contributed by atoms with Crippen molar-refractivity contribution < 1.29 is 4.79 Å². The van der Waals surface area contributed by atoms with E-state index in [4.69, 9.17) is 0 Å². The highest BCUT2D eigenvalue weighted by atomic mass is 16.2. The molecule has 0 spiro atoms. The van der Waals surface area contributed by atoms with Gasteiger partial charge in [-0.1, -0.05) is 13.8 Å². The molecule has 1 N–H and O–H groups in total. The van der Waals surface area contributed by atoms with Crippen molar-refractivity contribution in [2.45, 2.75) is 20.3 Å². The van der Waals surface area contributed by atoms with Crippen molar-refractivity contribution in [1.29, 1.82) is 0 Å². The second-order valence-electron chi connectivity index (χ2n) is 5.77. The van der Waals surface area contributed by atoms with Crippen LogP contribution in [0.2, 0.25) is 0 Å². The summed E-state index contributed by atoms with van der Waals surface area (Å²) in [6, 6.07) is 0. The van der Waals surface area contributed by atoms with E-state index in [-0.39, 0.29) is 0 Å². The maximum atomic E-state index is 12.2. The fourth-order valence-electron chi connectivity index (χ4n) is 3.03. The van der Waals surface area contributed by atoms with Crippen molar-refractivity contribution >= 4 is 5.91 Å². The van der Waals surface area contributed by atoms with Gasteiger partial charge in [0.05, 0.1) is 6.54 Å². The van der Waals surface area contributed by atoms with Gasteiger partial charge in [0, 0.05) is 39.3 Å². The molecule has 2 aliphatic rings. The van der Waals surface area contributed by atoms with E-state index in [9.17, 15) is 4.79 Å². The maximum Gasteiger partial charge on any atom is 0.236 e. The minimum Gasteiger partial charge on any atom is -0.341 e. The third-order valence-corrected chi connectivity index (χ3v) is 3.79. The van der Waals surface area contributed by atoms with Crippen molar-refractivity contribution in [2.24, 2.45) is 11.8 Å². The van der Waals surface area contributed by atoms with Crippen LogP contribution in [0.3, 0.4) is 0 Å². The number of hydrogen-bond donors (Lipinski definition) is 1. The molecule has 4 heteroatoms. The second-order valence-corrected chi connectivity index (χ2v) is 5.77. The highest BCUT2D eigenvalue weighted by molar-refractivity contribution is 5.78. The largest absolute Gasteiger partial charge is 0.341 e. The average molecular weight is 239 g/mol. The van der Waals surface area contributed by atoms with Crippen molar-refractivity contribution in [3.05, 3.63) is 0 Å². The highest BCUT2D eigenvalue weighted by Crippen LogP contribution is 2.20. The molecular formula is C13H25N3O. The van der Waals surface area contributed by atoms with Crippen molar-refractivity contribution in [1.82, 2.24) is 15.1 Å². The number of nitrogens with zero attached hydrogens (tertiary/aromatic N) is 2. The first-order chi connectivity index (χ1) is 8.15. The lowest BCUT2D eigenvalue weighted by molar-refractivity contribution is -0.135. The third kappa shape index (κ3) is 3.68. The van der Waals surface area contributed by atoms with Crippen LogP contribution >= 0.6 is 0 Å². The Morgan fingerprint density at radius 3 is 2.35 bits per heavy atom. The van der Waals surface area contributed by atoms with Crippen molar-refractivity contribution in [3.63, 3.8) is 0 Å². The Kier molecular flexibility index (Phi) is 4.40. The van der Waals surface area contributed by atoms with Crippen LogP contribution in [0.15, 0.2) is 0 Å². The lowest BCUT2D eigenvalue weighted by Gasteiger charge is -2.36. The van der Waals surface area contributed by atoms with Gasteiger partial charge in [0.25, 0.3) is 0 Å². The van der Waals surface area contributed by atoms with Crippen LogP contribution in [-0.4, -0.2) is 61.5 Å². The van der Waals surface area contributed by atoms with Gasteiger partial charge in [-0.3, -0.25) is 9.69 Å². The summed E-state index contributed by atoms with van der Waals surface area (Å²) in [7, 11) is 0. The molecule has 98 valence electrons. The molecule has 2 fully saturated rings. The first kappa shape index (κ1) is 12.8. The molecule has 0 bridgehead atoms. The number of rotatable bonds is 2. The molecule has 2 unspecified atom stereocenters. The summed E-state index contributed by atoms with van der Waals surface area (Å²) >= 11 is 0. The van der Waals surface area contributed by atoms with E-state index in [2.05, 4.69) is 29.0 Å². The quantitative estimate of drug-likeness (QED) is 0.757. The number of piperazine rings is 1. The summed E-state index contributed by atoms with van der Waals surface area (Å²) in [6.07, 6.45) is 1.26. The molecule has 2 aliphatic heterocycles. The molecule has 2 saturated heterocycles. The SMILES string of the molecule is CC1CC(C)CN(C(=O)CN2CCNCC2)C1. The number of likely N-dealkylation sites (tertiary alicyclic amines) is 1. The van der Waals surface area contributed by atoms with E-state index < -0.39 is 0 Å². The Bertz CT molecular complexity index is 253. The van der Waals surface area contributed by atoms with Gasteiger partial charge in [-0.05, 0) is 18.3 Å². The van der Waals surface area contributed by atoms with Gasteiger partial charge in [0.2, 0.25) is 5.91 Å². The molecular weight excluding hydrogens is 214 g/mol. The van der Waals surface area contributed by atoms with Gasteiger partial charge < -0.3 is 10.2 Å². The fraction of sp³-hybridized carbons (Fsp3) is 0.923. The normalized spacial score (nSPS) is 31.5. The summed E-state index contributed by atoms with van der Waals surface area (Å²) in [5.74, 6) is 1.64. The Balaban J connectivity index is 1.81. The molecule has 0 aromatic heterocycles. The Hall–Kier alpha value is -0.610. The minimum atomic E-state index is 0.324. The zero-order valence-electron chi connectivity index (χ0n) is 11.1. The van der Waals surface area contributed by atoms with E-state index in [1.807, 2.05) is 0 Å². The summed E-state index contributed by atoms with van der Waals surface area (Å²) in [5, 5.41) is 3.32. The molecule has 0 aromatic carbocycles. The maximum absolute atomic E-state index is 12.2. The summed E-state index contributed by atoms with van der Waals surface area (Å²) in [5.41, 5.74) is 0. The van der Waals surface area contributed by atoms with Crippen LogP contribution < -0.4 is 5.32 Å². The van der Waals surface area contributed by atoms with Gasteiger partial charge >= 0.3 is 0 Å². The zero-order chi connectivity index (χ0) is 12.3. The summed E-state index contributed by atoms with van der Waals surface area (Å²) in [6.45, 7) is 11.1. The van der Waals surface area contributed by atoms with Gasteiger partial charge in [0.1, 0.15) is 0 Å². The minimum absolute atomic E-state index is 0.324. The fourth-order valence-corrected chi connectivity index (χ4v) is 3.03. The summed E-state index contributed by atoms with van der Waals surface area (Å²) in [4.78, 5) is 16.6. The highest BCUT2D eigenvalue weighted by Gasteiger charge is 2.26. The molecule has 2 heterocycles. The number of piperidine rings is 1. The van der Waals surface area contributed by atoms with Crippen molar-refractivity contribution in [3.8, 4) is 0 Å². The van der Waals surface area contributed by atoms with Gasteiger partial charge in [-0.15, -0.1) is 0 Å². The standard InChI is InChI=1S/C13H25N3O/c1-11-7-12(2)9-16(8-11)13(17)10-15-5-3-14-4-6-15/h11-12,14H,3-10H2,1-2H3. The van der Waals surface area contributed by atoms with Crippen LogP contribution in [0.1, 0.15) is 20.3 Å². The second kappa shape index (κ2) is 5.83. The van der Waals surface area contributed by atoms with E-state index >= 15 is 0 Å². The monoisotopic (exact) mass is 239 g/mol. The molecule has 4 nitrogen and oxygen atoms in total. The molecule has 2 rings (SSSR count). The smallest absolute Gasteiger partial charge is 0.236 e. The Labute approximate surface area is 104 Å². The van der Waals surface area contributed by atoms with Gasteiger partial charge in [0.15, 0.2) is 0 Å². The van der Waals surface area contributed by atoms with Crippen LogP contribution in [0.4, 0.5) is 0 Å². The lowest BCUT2D eigenvalue weighted by atomic mass is 9.92. The number of nitrogens with one attached hydrogen (secondary N) is 1. The Morgan fingerprint density at radius 1 is 1.18 bits per heavy atom. The molecule has 2 atom stereocenters. The number of carbonyl (C=O) groups is 1. The van der Waals surface area contributed by atoms with Crippen molar-refractivity contribution in [2.75, 3.05) is 45.8 Å². The van der Waals surface area contributed by atoms with Crippen LogP contribution in [0, 0.1) is 11.8 Å².